The summed E-state index contributed by atoms with van der Waals surface area (Å²) in [5.74, 6) is -0.194. The molecule has 2 aromatic rings. The van der Waals surface area contributed by atoms with Crippen LogP contribution in [0.3, 0.4) is 0 Å². The van der Waals surface area contributed by atoms with E-state index in [2.05, 4.69) is 15.3 Å². The number of benzene rings is 1. The van der Waals surface area contributed by atoms with E-state index in [0.717, 1.165) is 18.8 Å². The number of aliphatic hydroxyl groups is 1. The number of amides is 1. The van der Waals surface area contributed by atoms with Crippen LogP contribution < -0.4 is 5.32 Å². The Bertz CT molecular complexity index is 664. The lowest BCUT2D eigenvalue weighted by molar-refractivity contribution is 0.0862. The van der Waals surface area contributed by atoms with Gasteiger partial charge in [0.15, 0.2) is 0 Å². The maximum absolute atomic E-state index is 12.5. The summed E-state index contributed by atoms with van der Waals surface area (Å²) in [4.78, 5) is 14.8. The van der Waals surface area contributed by atoms with E-state index in [-0.39, 0.29) is 12.5 Å². The van der Waals surface area contributed by atoms with Gasteiger partial charge in [0, 0.05) is 25.5 Å². The maximum Gasteiger partial charge on any atom is 0.253 e. The minimum atomic E-state index is -0.557. The zero-order valence-corrected chi connectivity index (χ0v) is 14.5. The van der Waals surface area contributed by atoms with Crippen LogP contribution in [0, 0.1) is 0 Å². The number of hydrogen-bond acceptors (Lipinski definition) is 4. The molecule has 0 bridgehead atoms. The molecule has 1 fully saturated rings. The molecule has 1 unspecified atom stereocenters. The van der Waals surface area contributed by atoms with Crippen molar-refractivity contribution >= 4 is 5.91 Å². The van der Waals surface area contributed by atoms with Gasteiger partial charge in [-0.1, -0.05) is 25.0 Å². The molecule has 25 heavy (non-hydrogen) atoms. The molecule has 3 rings (SSSR count). The van der Waals surface area contributed by atoms with Gasteiger partial charge in [-0.05, 0) is 44.1 Å². The number of likely N-dealkylation sites (tertiary alicyclic amines) is 1. The summed E-state index contributed by atoms with van der Waals surface area (Å²) in [7, 11) is 0. The van der Waals surface area contributed by atoms with Crippen LogP contribution in [-0.2, 0) is 0 Å². The van der Waals surface area contributed by atoms with Gasteiger partial charge in [-0.2, -0.15) is 5.10 Å². The number of nitrogens with zero attached hydrogens (tertiary/aromatic N) is 3. The molecule has 1 aliphatic rings. The quantitative estimate of drug-likeness (QED) is 0.840. The third-order valence-corrected chi connectivity index (χ3v) is 4.57. The van der Waals surface area contributed by atoms with Gasteiger partial charge in [0.2, 0.25) is 0 Å². The Morgan fingerprint density at radius 2 is 1.92 bits per heavy atom. The predicted octanol–water partition coefficient (Wildman–Crippen LogP) is 1.84. The van der Waals surface area contributed by atoms with Crippen molar-refractivity contribution in [2.45, 2.75) is 31.8 Å². The van der Waals surface area contributed by atoms with E-state index >= 15 is 0 Å². The number of aromatic nitrogens is 2. The lowest BCUT2D eigenvalue weighted by Gasteiger charge is -2.23. The van der Waals surface area contributed by atoms with Crippen LogP contribution in [0.15, 0.2) is 42.7 Å². The Kier molecular flexibility index (Phi) is 6.19. The molecule has 0 radical (unpaired) electrons. The van der Waals surface area contributed by atoms with Gasteiger partial charge >= 0.3 is 0 Å². The molecule has 1 atom stereocenters. The number of carbonyl (C=O) groups excluding carboxylic acids is 1. The number of aliphatic hydroxyl groups excluding tert-OH is 1. The van der Waals surface area contributed by atoms with Crippen molar-refractivity contribution in [3.05, 3.63) is 48.3 Å². The van der Waals surface area contributed by atoms with Crippen LogP contribution in [0.5, 0.6) is 0 Å². The Labute approximate surface area is 148 Å². The summed E-state index contributed by atoms with van der Waals surface area (Å²) >= 11 is 0. The Morgan fingerprint density at radius 3 is 2.64 bits per heavy atom. The van der Waals surface area contributed by atoms with Crippen molar-refractivity contribution in [1.82, 2.24) is 20.0 Å². The maximum atomic E-state index is 12.5. The van der Waals surface area contributed by atoms with Crippen LogP contribution >= 0.6 is 0 Å². The minimum Gasteiger partial charge on any atom is -0.390 e. The largest absolute Gasteiger partial charge is 0.390 e. The molecule has 2 N–H and O–H groups in total. The van der Waals surface area contributed by atoms with Crippen LogP contribution in [0.25, 0.3) is 5.69 Å². The van der Waals surface area contributed by atoms with Crippen molar-refractivity contribution in [3.8, 4) is 5.69 Å². The van der Waals surface area contributed by atoms with Gasteiger partial charge in [0.05, 0.1) is 17.4 Å². The molecule has 6 nitrogen and oxygen atoms in total. The zero-order valence-electron chi connectivity index (χ0n) is 14.5. The summed E-state index contributed by atoms with van der Waals surface area (Å²) in [6.07, 6.45) is 7.85. The number of para-hydroxylation sites is 1. The first-order chi connectivity index (χ1) is 12.2. The average molecular weight is 342 g/mol. The highest BCUT2D eigenvalue weighted by atomic mass is 16.3. The highest BCUT2D eigenvalue weighted by Gasteiger charge is 2.16. The first-order valence-electron chi connectivity index (χ1n) is 9.02. The molecule has 0 saturated carbocycles. The lowest BCUT2D eigenvalue weighted by atomic mass is 10.1. The van der Waals surface area contributed by atoms with E-state index in [0.29, 0.717) is 12.1 Å². The number of carbonyl (C=O) groups is 1. The van der Waals surface area contributed by atoms with Crippen LogP contribution in [0.1, 0.15) is 36.0 Å². The summed E-state index contributed by atoms with van der Waals surface area (Å²) < 4.78 is 1.67. The second-order valence-corrected chi connectivity index (χ2v) is 6.55. The monoisotopic (exact) mass is 342 g/mol. The van der Waals surface area contributed by atoms with E-state index in [1.807, 2.05) is 24.3 Å². The third-order valence-electron chi connectivity index (χ3n) is 4.57. The molecule has 6 heteroatoms. The van der Waals surface area contributed by atoms with Crippen LogP contribution in [0.4, 0.5) is 0 Å². The Balaban J connectivity index is 1.56. The fraction of sp³-hybridized carbons (Fsp3) is 0.474. The smallest absolute Gasteiger partial charge is 0.253 e. The predicted molar refractivity (Wildman–Crippen MR) is 96.8 cm³/mol. The minimum absolute atomic E-state index is 0.194. The fourth-order valence-electron chi connectivity index (χ4n) is 3.26. The summed E-state index contributed by atoms with van der Waals surface area (Å²) in [6, 6.07) is 9.15. The normalized spacial score (nSPS) is 17.0. The molecule has 1 aromatic carbocycles. The number of rotatable bonds is 6. The molecular formula is C19H26N4O2. The van der Waals surface area contributed by atoms with E-state index in [1.165, 1.54) is 25.7 Å². The molecule has 2 heterocycles. The zero-order chi connectivity index (χ0) is 17.5. The fourth-order valence-corrected chi connectivity index (χ4v) is 3.26. The highest BCUT2D eigenvalue weighted by molar-refractivity contribution is 5.97. The van der Waals surface area contributed by atoms with Crippen molar-refractivity contribution in [1.29, 1.82) is 0 Å². The van der Waals surface area contributed by atoms with Gasteiger partial charge in [0.1, 0.15) is 0 Å². The van der Waals surface area contributed by atoms with E-state index in [9.17, 15) is 9.90 Å². The molecule has 0 spiro atoms. The van der Waals surface area contributed by atoms with Crippen molar-refractivity contribution < 1.29 is 9.90 Å². The van der Waals surface area contributed by atoms with Crippen LogP contribution in [0.2, 0.25) is 0 Å². The van der Waals surface area contributed by atoms with Crippen molar-refractivity contribution in [3.63, 3.8) is 0 Å². The molecule has 1 saturated heterocycles. The van der Waals surface area contributed by atoms with Gasteiger partial charge in [0.25, 0.3) is 5.91 Å². The van der Waals surface area contributed by atoms with Crippen LogP contribution in [-0.4, -0.2) is 58.0 Å². The number of nitrogens with one attached hydrogen (secondary N) is 1. The first kappa shape index (κ1) is 17.6. The van der Waals surface area contributed by atoms with Gasteiger partial charge in [-0.15, -0.1) is 0 Å². The average Bonchev–Trinajstić information content (AvgIpc) is 3.05. The summed E-state index contributed by atoms with van der Waals surface area (Å²) in [6.45, 7) is 2.93. The lowest BCUT2D eigenvalue weighted by Crippen LogP contribution is -2.40. The number of β-amino-alcohol motifs (C(OH)–C–C–N with tert-alkyl or cyclic N) is 1. The van der Waals surface area contributed by atoms with Crippen molar-refractivity contribution in [2.75, 3.05) is 26.2 Å². The molecule has 1 amide bonds. The Morgan fingerprint density at radius 1 is 1.16 bits per heavy atom. The second kappa shape index (κ2) is 8.78. The molecular weight excluding hydrogens is 316 g/mol. The van der Waals surface area contributed by atoms with E-state index < -0.39 is 6.10 Å². The first-order valence-corrected chi connectivity index (χ1v) is 9.02. The third kappa shape index (κ3) is 4.90. The molecule has 1 aromatic heterocycles. The van der Waals surface area contributed by atoms with Gasteiger partial charge < -0.3 is 15.3 Å². The Hall–Kier alpha value is -2.18. The topological polar surface area (TPSA) is 70.4 Å². The summed E-state index contributed by atoms with van der Waals surface area (Å²) in [5, 5.41) is 17.3. The van der Waals surface area contributed by atoms with Crippen molar-refractivity contribution in [2.24, 2.45) is 0 Å². The van der Waals surface area contributed by atoms with Gasteiger partial charge in [-0.3, -0.25) is 4.79 Å². The molecule has 0 aliphatic carbocycles. The van der Waals surface area contributed by atoms with Gasteiger partial charge in [-0.25, -0.2) is 4.68 Å². The highest BCUT2D eigenvalue weighted by Crippen LogP contribution is 2.13. The second-order valence-electron chi connectivity index (χ2n) is 6.55. The van der Waals surface area contributed by atoms with E-state index in [4.69, 9.17) is 0 Å². The van der Waals surface area contributed by atoms with E-state index in [1.54, 1.807) is 23.1 Å². The standard InChI is InChI=1S/C19H26N4O2/c24-16(15-22-11-5-1-2-6-12-22)14-20-19(25)17-8-3-4-9-18(17)23-13-7-10-21-23/h3-4,7-10,13,16,24H,1-2,5-6,11-12,14-15H2,(H,20,25). The summed E-state index contributed by atoms with van der Waals surface area (Å²) in [5.41, 5.74) is 1.28. The SMILES string of the molecule is O=C(NCC(O)CN1CCCCCC1)c1ccccc1-n1cccn1. The molecule has 134 valence electrons. The number of hydrogen-bond donors (Lipinski definition) is 2. The molecule has 1 aliphatic heterocycles.